The van der Waals surface area contributed by atoms with Crippen LogP contribution < -0.4 is 14.8 Å². The van der Waals surface area contributed by atoms with Gasteiger partial charge in [-0.2, -0.15) is 0 Å². The highest BCUT2D eigenvalue weighted by Gasteiger charge is 2.32. The molecule has 1 heterocycles. The van der Waals surface area contributed by atoms with E-state index in [2.05, 4.69) is 25.2 Å². The molecule has 0 bridgehead atoms. The van der Waals surface area contributed by atoms with Gasteiger partial charge in [0.05, 0.1) is 10.7 Å². The molecule has 148 valence electrons. The average molecular weight is 408 g/mol. The first-order valence-electron chi connectivity index (χ1n) is 9.50. The molecule has 3 aromatic rings. The van der Waals surface area contributed by atoms with Gasteiger partial charge < -0.3 is 14.8 Å². The molecule has 1 aliphatic rings. The topological polar surface area (TPSA) is 47.6 Å². The van der Waals surface area contributed by atoms with Gasteiger partial charge in [0, 0.05) is 17.5 Å². The van der Waals surface area contributed by atoms with Gasteiger partial charge in [-0.05, 0) is 49.7 Å². The van der Waals surface area contributed by atoms with Crippen LogP contribution in [0.15, 0.2) is 66.7 Å². The number of anilines is 1. The Labute approximate surface area is 175 Å². The van der Waals surface area contributed by atoms with Gasteiger partial charge in [0.1, 0.15) is 12.2 Å². The lowest BCUT2D eigenvalue weighted by Gasteiger charge is -2.18. The lowest BCUT2D eigenvalue weighted by Crippen LogP contribution is -2.24. The maximum absolute atomic E-state index is 12.4. The van der Waals surface area contributed by atoms with Crippen LogP contribution in [-0.4, -0.2) is 11.5 Å². The van der Waals surface area contributed by atoms with Crippen LogP contribution in [0.3, 0.4) is 0 Å². The van der Waals surface area contributed by atoms with Crippen molar-refractivity contribution in [1.82, 2.24) is 0 Å². The minimum atomic E-state index is -0.210. The molecule has 0 saturated carbocycles. The van der Waals surface area contributed by atoms with E-state index in [0.717, 1.165) is 23.5 Å². The van der Waals surface area contributed by atoms with Gasteiger partial charge in [-0.15, -0.1) is 0 Å². The summed E-state index contributed by atoms with van der Waals surface area (Å²) in [5, 5.41) is 3.33. The van der Waals surface area contributed by atoms with Gasteiger partial charge in [0.2, 0.25) is 0 Å². The van der Waals surface area contributed by atoms with Crippen molar-refractivity contribution in [2.45, 2.75) is 32.5 Å². The zero-order valence-electron chi connectivity index (χ0n) is 16.4. The molecule has 4 nitrogen and oxygen atoms in total. The zero-order chi connectivity index (χ0) is 20.4. The largest absolute Gasteiger partial charge is 0.485 e. The van der Waals surface area contributed by atoms with Crippen molar-refractivity contribution in [2.75, 3.05) is 5.32 Å². The number of nitrogens with one attached hydrogen (secondary N) is 1. The summed E-state index contributed by atoms with van der Waals surface area (Å²) in [6.45, 7) is 4.54. The number of para-hydroxylation sites is 2. The molecule has 0 radical (unpaired) electrons. The first-order valence-corrected chi connectivity index (χ1v) is 9.88. The van der Waals surface area contributed by atoms with Crippen molar-refractivity contribution >= 4 is 23.2 Å². The highest BCUT2D eigenvalue weighted by molar-refractivity contribution is 6.33. The maximum Gasteiger partial charge on any atom is 0.255 e. The van der Waals surface area contributed by atoms with Crippen LogP contribution in [0.1, 0.15) is 35.3 Å². The van der Waals surface area contributed by atoms with Gasteiger partial charge >= 0.3 is 0 Å². The number of hydrogen-bond acceptors (Lipinski definition) is 3. The molecular formula is C24H22ClNO3. The Morgan fingerprint density at radius 3 is 2.59 bits per heavy atom. The van der Waals surface area contributed by atoms with E-state index in [1.54, 1.807) is 24.3 Å². The molecule has 0 saturated heterocycles. The van der Waals surface area contributed by atoms with Crippen LogP contribution in [0, 0.1) is 0 Å². The van der Waals surface area contributed by atoms with Crippen molar-refractivity contribution < 1.29 is 14.3 Å². The molecule has 5 heteroatoms. The van der Waals surface area contributed by atoms with Crippen molar-refractivity contribution in [2.24, 2.45) is 0 Å². The van der Waals surface area contributed by atoms with Crippen molar-refractivity contribution in [3.05, 3.63) is 88.4 Å². The third-order valence-corrected chi connectivity index (χ3v) is 5.12. The second-order valence-electron chi connectivity index (χ2n) is 7.70. The van der Waals surface area contributed by atoms with Crippen LogP contribution in [0.2, 0.25) is 5.02 Å². The number of rotatable bonds is 5. The third kappa shape index (κ3) is 4.38. The predicted octanol–water partition coefficient (Wildman–Crippen LogP) is 5.88. The van der Waals surface area contributed by atoms with Crippen LogP contribution in [-0.2, 0) is 13.0 Å². The molecule has 1 amide bonds. The number of ether oxygens (including phenoxy) is 2. The third-order valence-electron chi connectivity index (χ3n) is 4.79. The van der Waals surface area contributed by atoms with E-state index in [9.17, 15) is 4.79 Å². The summed E-state index contributed by atoms with van der Waals surface area (Å²) in [5.74, 6) is 1.36. The molecule has 0 fully saturated rings. The highest BCUT2D eigenvalue weighted by atomic mass is 35.5. The maximum atomic E-state index is 12.4. The van der Waals surface area contributed by atoms with Gasteiger partial charge in [0.25, 0.3) is 5.91 Å². The number of hydrogen-bond donors (Lipinski definition) is 1. The molecule has 0 atom stereocenters. The SMILES string of the molecule is CC1(C)Cc2cccc(OCc3ccc(C(=O)Nc4ccccc4Cl)cc3)c2O1. The van der Waals surface area contributed by atoms with E-state index in [-0.39, 0.29) is 11.5 Å². The highest BCUT2D eigenvalue weighted by Crippen LogP contribution is 2.41. The Kier molecular flexibility index (Phi) is 5.20. The summed E-state index contributed by atoms with van der Waals surface area (Å²) < 4.78 is 12.0. The monoisotopic (exact) mass is 407 g/mol. The fourth-order valence-electron chi connectivity index (χ4n) is 3.37. The second kappa shape index (κ2) is 7.80. The number of carbonyl (C=O) groups excluding carboxylic acids is 1. The zero-order valence-corrected chi connectivity index (χ0v) is 17.1. The molecule has 1 aliphatic heterocycles. The average Bonchev–Trinajstić information content (AvgIpc) is 3.03. The Bertz CT molecular complexity index is 1040. The van der Waals surface area contributed by atoms with Crippen LogP contribution in [0.4, 0.5) is 5.69 Å². The smallest absolute Gasteiger partial charge is 0.255 e. The van der Waals surface area contributed by atoms with E-state index in [0.29, 0.717) is 22.9 Å². The molecule has 0 spiro atoms. The lowest BCUT2D eigenvalue weighted by molar-refractivity contribution is 0.102. The second-order valence-corrected chi connectivity index (χ2v) is 8.11. The number of carbonyl (C=O) groups is 1. The summed E-state index contributed by atoms with van der Waals surface area (Å²) >= 11 is 6.10. The lowest BCUT2D eigenvalue weighted by atomic mass is 10.0. The molecular weight excluding hydrogens is 386 g/mol. The molecule has 4 rings (SSSR count). The van der Waals surface area contributed by atoms with Crippen molar-refractivity contribution in [3.63, 3.8) is 0 Å². The Morgan fingerprint density at radius 2 is 1.83 bits per heavy atom. The van der Waals surface area contributed by atoms with E-state index < -0.39 is 0 Å². The summed E-state index contributed by atoms with van der Waals surface area (Å²) in [4.78, 5) is 12.4. The molecule has 3 aromatic carbocycles. The van der Waals surface area contributed by atoms with E-state index in [4.69, 9.17) is 21.1 Å². The molecule has 29 heavy (non-hydrogen) atoms. The normalized spacial score (nSPS) is 14.0. The van der Waals surface area contributed by atoms with Gasteiger partial charge in [-0.3, -0.25) is 4.79 Å². The molecule has 0 aromatic heterocycles. The Morgan fingerprint density at radius 1 is 1.07 bits per heavy atom. The number of benzene rings is 3. The number of amides is 1. The molecule has 0 aliphatic carbocycles. The summed E-state index contributed by atoms with van der Waals surface area (Å²) in [7, 11) is 0. The van der Waals surface area contributed by atoms with Crippen molar-refractivity contribution in [1.29, 1.82) is 0 Å². The Balaban J connectivity index is 1.40. The first kappa shape index (κ1) is 19.3. The minimum Gasteiger partial charge on any atom is -0.485 e. The van der Waals surface area contributed by atoms with E-state index >= 15 is 0 Å². The van der Waals surface area contributed by atoms with Crippen LogP contribution in [0.5, 0.6) is 11.5 Å². The summed E-state index contributed by atoms with van der Waals surface area (Å²) in [5.41, 5.74) is 3.07. The fourth-order valence-corrected chi connectivity index (χ4v) is 3.55. The predicted molar refractivity (Wildman–Crippen MR) is 115 cm³/mol. The summed E-state index contributed by atoms with van der Waals surface area (Å²) in [6, 6.07) is 20.5. The van der Waals surface area contributed by atoms with E-state index in [1.807, 2.05) is 36.4 Å². The van der Waals surface area contributed by atoms with Crippen molar-refractivity contribution in [3.8, 4) is 11.5 Å². The standard InChI is InChI=1S/C24H22ClNO3/c1-24(2)14-18-6-5-9-21(22(18)29-24)28-15-16-10-12-17(13-11-16)23(27)26-20-8-4-3-7-19(20)25/h3-13H,14-15H2,1-2H3,(H,26,27). The van der Waals surface area contributed by atoms with Gasteiger partial charge in [0.15, 0.2) is 11.5 Å². The number of halogens is 1. The van der Waals surface area contributed by atoms with Crippen LogP contribution in [0.25, 0.3) is 0 Å². The number of fused-ring (bicyclic) bond motifs is 1. The molecule has 1 N–H and O–H groups in total. The Hall–Kier alpha value is -2.98. The van der Waals surface area contributed by atoms with Gasteiger partial charge in [-0.1, -0.05) is 48.0 Å². The van der Waals surface area contributed by atoms with Gasteiger partial charge in [-0.25, -0.2) is 0 Å². The van der Waals surface area contributed by atoms with E-state index in [1.165, 1.54) is 5.56 Å². The van der Waals surface area contributed by atoms with Crippen LogP contribution >= 0.6 is 11.6 Å². The molecule has 0 unspecified atom stereocenters. The summed E-state index contributed by atoms with van der Waals surface area (Å²) in [6.07, 6.45) is 0.870. The fraction of sp³-hybridized carbons (Fsp3) is 0.208. The quantitative estimate of drug-likeness (QED) is 0.574. The minimum absolute atomic E-state index is 0.206. The first-order chi connectivity index (χ1) is 13.9.